The number of hydrogen-bond acceptors (Lipinski definition) is 3. The fourth-order valence-corrected chi connectivity index (χ4v) is 2.74. The van der Waals surface area contributed by atoms with E-state index in [1.165, 1.54) is 19.3 Å². The van der Waals surface area contributed by atoms with Crippen molar-refractivity contribution < 1.29 is 15.3 Å². The van der Waals surface area contributed by atoms with Crippen LogP contribution in [0.3, 0.4) is 0 Å². The Labute approximate surface area is 112 Å². The molecular weight excluding hydrogens is 228 g/mol. The molecule has 110 valence electrons. The Bertz CT molecular complexity index is 145. The molecule has 18 heavy (non-hydrogen) atoms. The predicted molar refractivity (Wildman–Crippen MR) is 75.5 cm³/mol. The van der Waals surface area contributed by atoms with E-state index in [4.69, 9.17) is 15.3 Å². The Kier molecular flexibility index (Phi) is 11.9. The second-order valence-corrected chi connectivity index (χ2v) is 5.40. The molecule has 0 atom stereocenters. The van der Waals surface area contributed by atoms with Crippen LogP contribution in [0.1, 0.15) is 71.1 Å². The Morgan fingerprint density at radius 3 is 1.17 bits per heavy atom. The van der Waals surface area contributed by atoms with Gasteiger partial charge in [0.05, 0.1) is 0 Å². The van der Waals surface area contributed by atoms with Crippen molar-refractivity contribution in [3.8, 4) is 0 Å². The van der Waals surface area contributed by atoms with Gasteiger partial charge in [-0.15, -0.1) is 0 Å². The van der Waals surface area contributed by atoms with Crippen molar-refractivity contribution in [2.75, 3.05) is 19.8 Å². The van der Waals surface area contributed by atoms with Gasteiger partial charge in [-0.3, -0.25) is 0 Å². The molecule has 3 nitrogen and oxygen atoms in total. The summed E-state index contributed by atoms with van der Waals surface area (Å²) in [6, 6.07) is 0. The predicted octanol–water partition coefficient (Wildman–Crippen LogP) is 2.87. The average molecular weight is 260 g/mol. The van der Waals surface area contributed by atoms with E-state index in [0.29, 0.717) is 5.41 Å². The quantitative estimate of drug-likeness (QED) is 0.446. The van der Waals surface area contributed by atoms with Crippen LogP contribution in [0.15, 0.2) is 0 Å². The van der Waals surface area contributed by atoms with E-state index in [1.807, 2.05) is 0 Å². The average Bonchev–Trinajstić information content (AvgIpc) is 2.39. The van der Waals surface area contributed by atoms with Gasteiger partial charge in [-0.1, -0.05) is 32.6 Å². The molecule has 3 N–H and O–H groups in total. The number of rotatable bonds is 13. The van der Waals surface area contributed by atoms with Crippen LogP contribution in [0.2, 0.25) is 0 Å². The maximum Gasteiger partial charge on any atom is 0.0431 e. The molecule has 0 radical (unpaired) electrons. The van der Waals surface area contributed by atoms with Crippen molar-refractivity contribution in [3.05, 3.63) is 0 Å². The van der Waals surface area contributed by atoms with Gasteiger partial charge in [0.15, 0.2) is 0 Å². The topological polar surface area (TPSA) is 60.7 Å². The molecule has 0 rings (SSSR count). The zero-order valence-corrected chi connectivity index (χ0v) is 12.0. The number of hydrogen-bond donors (Lipinski definition) is 3. The highest BCUT2D eigenvalue weighted by molar-refractivity contribution is 4.78. The standard InChI is InChI=1S/C15H32O3/c1-2-15(9-3-6-12-16,10-4-7-13-17)11-5-8-14-18/h16-18H,2-14H2,1H3. The van der Waals surface area contributed by atoms with Gasteiger partial charge < -0.3 is 15.3 Å². The SMILES string of the molecule is CCC(CCCCO)(CCCCO)CCCCO. The molecule has 0 aliphatic rings. The summed E-state index contributed by atoms with van der Waals surface area (Å²) in [7, 11) is 0. The Morgan fingerprint density at radius 1 is 0.611 bits per heavy atom. The summed E-state index contributed by atoms with van der Waals surface area (Å²) >= 11 is 0. The minimum atomic E-state index is 0.285. The maximum atomic E-state index is 8.90. The molecule has 0 aromatic rings. The largest absolute Gasteiger partial charge is 0.396 e. The second kappa shape index (κ2) is 11.9. The van der Waals surface area contributed by atoms with E-state index in [2.05, 4.69) is 6.92 Å². The summed E-state index contributed by atoms with van der Waals surface area (Å²) in [6.45, 7) is 3.10. The summed E-state index contributed by atoms with van der Waals surface area (Å²) in [5.74, 6) is 0. The third kappa shape index (κ3) is 8.06. The van der Waals surface area contributed by atoms with E-state index in [9.17, 15) is 0 Å². The van der Waals surface area contributed by atoms with E-state index < -0.39 is 0 Å². The molecule has 0 fully saturated rings. The summed E-state index contributed by atoms with van der Waals surface area (Å²) < 4.78 is 0. The molecule has 0 spiro atoms. The van der Waals surface area contributed by atoms with Crippen molar-refractivity contribution >= 4 is 0 Å². The minimum absolute atomic E-state index is 0.285. The lowest BCUT2D eigenvalue weighted by Crippen LogP contribution is -2.20. The van der Waals surface area contributed by atoms with Gasteiger partial charge in [0.2, 0.25) is 0 Å². The van der Waals surface area contributed by atoms with Crippen molar-refractivity contribution in [2.24, 2.45) is 5.41 Å². The van der Waals surface area contributed by atoms with Crippen LogP contribution in [0.5, 0.6) is 0 Å². The van der Waals surface area contributed by atoms with Crippen LogP contribution in [-0.2, 0) is 0 Å². The highest BCUT2D eigenvalue weighted by Gasteiger charge is 2.26. The monoisotopic (exact) mass is 260 g/mol. The Hall–Kier alpha value is -0.120. The molecule has 3 heteroatoms. The van der Waals surface area contributed by atoms with Crippen LogP contribution in [-0.4, -0.2) is 35.1 Å². The number of aliphatic hydroxyl groups is 3. The maximum absolute atomic E-state index is 8.90. The van der Waals surface area contributed by atoms with E-state index in [-0.39, 0.29) is 19.8 Å². The number of aliphatic hydroxyl groups excluding tert-OH is 3. The first kappa shape index (κ1) is 17.9. The second-order valence-electron chi connectivity index (χ2n) is 5.40. The first-order valence-electron chi connectivity index (χ1n) is 7.57. The fourth-order valence-electron chi connectivity index (χ4n) is 2.74. The van der Waals surface area contributed by atoms with E-state index >= 15 is 0 Å². The lowest BCUT2D eigenvalue weighted by atomic mass is 9.72. The lowest BCUT2D eigenvalue weighted by Gasteiger charge is -2.33. The van der Waals surface area contributed by atoms with Crippen LogP contribution in [0.4, 0.5) is 0 Å². The Morgan fingerprint density at radius 2 is 0.944 bits per heavy atom. The van der Waals surface area contributed by atoms with Crippen molar-refractivity contribution in [1.29, 1.82) is 0 Å². The van der Waals surface area contributed by atoms with Gasteiger partial charge in [-0.25, -0.2) is 0 Å². The zero-order valence-electron chi connectivity index (χ0n) is 12.0. The molecular formula is C15H32O3. The molecule has 0 heterocycles. The van der Waals surface area contributed by atoms with Gasteiger partial charge in [0.25, 0.3) is 0 Å². The van der Waals surface area contributed by atoms with Gasteiger partial charge in [-0.2, -0.15) is 0 Å². The third-order valence-electron chi connectivity index (χ3n) is 4.10. The first-order chi connectivity index (χ1) is 8.74. The number of unbranched alkanes of at least 4 members (excludes halogenated alkanes) is 3. The normalized spacial score (nSPS) is 12.0. The van der Waals surface area contributed by atoms with Gasteiger partial charge in [0.1, 0.15) is 0 Å². The van der Waals surface area contributed by atoms with Crippen LogP contribution < -0.4 is 0 Å². The molecule has 0 aliphatic carbocycles. The first-order valence-corrected chi connectivity index (χ1v) is 7.57. The molecule has 0 aliphatic heterocycles. The Balaban J connectivity index is 4.20. The van der Waals surface area contributed by atoms with Gasteiger partial charge >= 0.3 is 0 Å². The third-order valence-corrected chi connectivity index (χ3v) is 4.10. The highest BCUT2D eigenvalue weighted by atomic mass is 16.3. The molecule has 0 saturated heterocycles. The zero-order chi connectivity index (χ0) is 13.7. The lowest BCUT2D eigenvalue weighted by molar-refractivity contribution is 0.167. The smallest absolute Gasteiger partial charge is 0.0431 e. The molecule has 0 unspecified atom stereocenters. The van der Waals surface area contributed by atoms with E-state index in [1.54, 1.807) is 0 Å². The van der Waals surface area contributed by atoms with E-state index in [0.717, 1.165) is 44.9 Å². The summed E-state index contributed by atoms with van der Waals surface area (Å²) in [5, 5.41) is 26.7. The molecule has 0 aromatic carbocycles. The van der Waals surface area contributed by atoms with Crippen LogP contribution in [0.25, 0.3) is 0 Å². The van der Waals surface area contributed by atoms with Crippen molar-refractivity contribution in [2.45, 2.75) is 71.1 Å². The summed E-state index contributed by atoms with van der Waals surface area (Å²) in [6.07, 6.45) is 10.6. The molecule has 0 bridgehead atoms. The van der Waals surface area contributed by atoms with Gasteiger partial charge in [0, 0.05) is 19.8 Å². The minimum Gasteiger partial charge on any atom is -0.396 e. The van der Waals surface area contributed by atoms with Crippen LogP contribution in [0, 0.1) is 5.41 Å². The molecule has 0 saturated carbocycles. The van der Waals surface area contributed by atoms with Gasteiger partial charge in [-0.05, 0) is 43.9 Å². The summed E-state index contributed by atoms with van der Waals surface area (Å²) in [4.78, 5) is 0. The fraction of sp³-hybridized carbons (Fsp3) is 1.00. The van der Waals surface area contributed by atoms with Crippen molar-refractivity contribution in [1.82, 2.24) is 0 Å². The molecule has 0 amide bonds. The van der Waals surface area contributed by atoms with Crippen LogP contribution >= 0.6 is 0 Å². The highest BCUT2D eigenvalue weighted by Crippen LogP contribution is 2.39. The molecule has 0 aromatic heterocycles. The summed E-state index contributed by atoms with van der Waals surface area (Å²) in [5.41, 5.74) is 0.361. The van der Waals surface area contributed by atoms with Crippen molar-refractivity contribution in [3.63, 3.8) is 0 Å².